The van der Waals surface area contributed by atoms with E-state index in [0.717, 1.165) is 12.5 Å². The summed E-state index contributed by atoms with van der Waals surface area (Å²) in [7, 11) is -3.69. The number of hydrogen-bond donors (Lipinski definition) is 0. The Morgan fingerprint density at radius 2 is 1.40 bits per heavy atom. The number of carbonyl (C=O) groups is 1. The van der Waals surface area contributed by atoms with Crippen LogP contribution in [0.15, 0.2) is 0 Å². The molecule has 0 unspecified atom stereocenters. The minimum atomic E-state index is -1.82. The molecule has 4 saturated carbocycles. The largest absolute Gasteiger partial charge is 0.469 e. The van der Waals surface area contributed by atoms with Gasteiger partial charge in [0.2, 0.25) is 0 Å². The molecule has 11 atom stereocenters. The molecule has 0 amide bonds. The van der Waals surface area contributed by atoms with Crippen LogP contribution in [0.3, 0.4) is 0 Å². The highest BCUT2D eigenvalue weighted by Crippen LogP contribution is 2.70. The van der Waals surface area contributed by atoms with Crippen molar-refractivity contribution in [3.63, 3.8) is 0 Å². The third-order valence-electron chi connectivity index (χ3n) is 14.4. The van der Waals surface area contributed by atoms with Crippen LogP contribution >= 0.6 is 0 Å². The first-order valence-electron chi connectivity index (χ1n) is 19.0. The Morgan fingerprint density at radius 3 is 2.00 bits per heavy atom. The summed E-state index contributed by atoms with van der Waals surface area (Å²) in [5.41, 5.74) is 0.422. The maximum atomic E-state index is 12.2. The maximum absolute atomic E-state index is 12.2. The molecule has 0 heterocycles. The van der Waals surface area contributed by atoms with Crippen LogP contribution in [0.4, 0.5) is 0 Å². The predicted octanol–water partition coefficient (Wildman–Crippen LogP) is 10.3. The lowest BCUT2D eigenvalue weighted by molar-refractivity contribution is -0.199. The van der Waals surface area contributed by atoms with Gasteiger partial charge in [0.15, 0.2) is 25.0 Å². The van der Waals surface area contributed by atoms with Gasteiger partial charge in [0.25, 0.3) is 0 Å². The van der Waals surface area contributed by atoms with Gasteiger partial charge in [-0.05, 0) is 155 Å². The van der Waals surface area contributed by atoms with E-state index in [9.17, 15) is 4.79 Å². The molecule has 0 bridgehead atoms. The van der Waals surface area contributed by atoms with E-state index in [-0.39, 0.29) is 17.5 Å². The highest BCUT2D eigenvalue weighted by atomic mass is 28.4. The molecule has 0 aromatic rings. The smallest absolute Gasteiger partial charge is 0.305 e. The molecule has 262 valence electrons. The summed E-state index contributed by atoms with van der Waals surface area (Å²) in [6, 6.07) is 3.51. The first-order valence-corrected chi connectivity index (χ1v) is 28.3. The van der Waals surface area contributed by atoms with Crippen molar-refractivity contribution < 1.29 is 22.8 Å². The van der Waals surface area contributed by atoms with Crippen LogP contribution in [-0.4, -0.2) is 56.3 Å². The third-order valence-corrected chi connectivity index (χ3v) is 22.4. The quantitative estimate of drug-likeness (QED) is 0.143. The van der Waals surface area contributed by atoms with Gasteiger partial charge in [-0.25, -0.2) is 0 Å². The number of fused-ring (bicyclic) bond motifs is 5. The molecular weight excluding hydrogens is 609 g/mol. The van der Waals surface area contributed by atoms with Gasteiger partial charge in [0.05, 0.1) is 13.2 Å². The first-order chi connectivity index (χ1) is 20.9. The fourth-order valence-electron chi connectivity index (χ4n) is 10.6. The molecule has 8 heteroatoms. The van der Waals surface area contributed by atoms with E-state index in [1.807, 2.05) is 0 Å². The number of ether oxygens (including phenoxy) is 1. The van der Waals surface area contributed by atoms with E-state index in [2.05, 4.69) is 80.8 Å². The molecule has 4 fully saturated rings. The minimum Gasteiger partial charge on any atom is -0.469 e. The van der Waals surface area contributed by atoms with Crippen LogP contribution in [0.2, 0.25) is 57.4 Å². The summed E-state index contributed by atoms with van der Waals surface area (Å²) in [5, 5.41) is 0. The summed E-state index contributed by atoms with van der Waals surface area (Å²) in [4.78, 5) is 12.2. The second-order valence-electron chi connectivity index (χ2n) is 18.2. The van der Waals surface area contributed by atoms with E-state index < -0.39 is 25.0 Å². The Hall–Kier alpha value is 0.000649. The molecule has 0 spiro atoms. The Morgan fingerprint density at radius 1 is 0.800 bits per heavy atom. The first kappa shape index (κ1) is 37.8. The number of esters is 1. The highest BCUT2D eigenvalue weighted by Gasteiger charge is 2.67. The number of hydrogen-bond acceptors (Lipinski definition) is 5. The predicted molar refractivity (Wildman–Crippen MR) is 195 cm³/mol. The maximum Gasteiger partial charge on any atom is 0.305 e. The van der Waals surface area contributed by atoms with Crippen molar-refractivity contribution in [3.8, 4) is 0 Å². The van der Waals surface area contributed by atoms with Crippen LogP contribution in [0.25, 0.3) is 0 Å². The number of carbonyl (C=O) groups excluding carboxylic acids is 1. The second kappa shape index (κ2) is 14.1. The lowest BCUT2D eigenvalue weighted by Crippen LogP contribution is -2.65. The number of methoxy groups -OCH3 is 1. The lowest BCUT2D eigenvalue weighted by atomic mass is 9.43. The average Bonchev–Trinajstić information content (AvgIpc) is 3.34. The van der Waals surface area contributed by atoms with Gasteiger partial charge in [0, 0.05) is 18.6 Å². The van der Waals surface area contributed by atoms with Crippen LogP contribution < -0.4 is 0 Å². The van der Waals surface area contributed by atoms with Gasteiger partial charge in [-0.3, -0.25) is 4.79 Å². The molecule has 0 N–H and O–H groups in total. The Balaban J connectivity index is 1.74. The van der Waals surface area contributed by atoms with E-state index in [1.165, 1.54) is 64.1 Å². The second-order valence-corrected chi connectivity index (χ2v) is 31.6. The zero-order chi connectivity index (χ0) is 33.6. The summed E-state index contributed by atoms with van der Waals surface area (Å²) in [5.74, 6) is 3.45. The SMILES string of the molecule is CC[Si](C)(C)O[C@@H]1CC[C@@]2(C)[C@@H](C1)C[C@H](O[Si](C)(C)CC)[C@@H]1[C@@H]2C[C@H](O[Si](C)(C)CC)[C@]2(C)[C@@H]([C@H](C)CCC(=O)OC)CC[C@@H]12. The van der Waals surface area contributed by atoms with Crippen molar-refractivity contribution in [2.45, 2.75) is 175 Å². The topological polar surface area (TPSA) is 54.0 Å². The molecule has 0 radical (unpaired) electrons. The molecule has 4 aliphatic rings. The number of rotatable bonds is 13. The highest BCUT2D eigenvalue weighted by molar-refractivity contribution is 6.71. The molecule has 0 aromatic carbocycles. The molecule has 4 rings (SSSR count). The van der Waals surface area contributed by atoms with Crippen molar-refractivity contribution in [2.24, 2.45) is 46.3 Å². The van der Waals surface area contributed by atoms with Crippen LogP contribution in [-0.2, 0) is 22.8 Å². The van der Waals surface area contributed by atoms with E-state index in [0.29, 0.717) is 59.6 Å². The standard InChI is InChI=1S/C37H72O5Si3/c1-14-43(8,9)40-28-21-22-36(5)27(23-28)24-32(41-44(10,11)15-2)35-30-19-18-29(26(4)17-20-34(38)39-7)37(30,6)33(25-31(35)36)42-45(12,13)16-3/h26-33,35H,14-25H2,1-13H3/t26-,27+,28-,29-,30+,31+,32+,33+,35+,36+,37-/m1/s1. The van der Waals surface area contributed by atoms with Crippen molar-refractivity contribution in [3.05, 3.63) is 0 Å². The molecule has 0 aromatic heterocycles. The summed E-state index contributed by atoms with van der Waals surface area (Å²) in [6.45, 7) is 29.3. The molecule has 4 aliphatic carbocycles. The molecule has 0 aliphatic heterocycles. The summed E-state index contributed by atoms with van der Waals surface area (Å²) in [6.07, 6.45) is 11.1. The van der Waals surface area contributed by atoms with E-state index in [1.54, 1.807) is 0 Å². The van der Waals surface area contributed by atoms with Crippen LogP contribution in [0.5, 0.6) is 0 Å². The lowest BCUT2D eigenvalue weighted by Gasteiger charge is -2.66. The van der Waals surface area contributed by atoms with Crippen molar-refractivity contribution >= 4 is 30.9 Å². The average molecular weight is 681 g/mol. The monoisotopic (exact) mass is 680 g/mol. The van der Waals surface area contributed by atoms with Gasteiger partial charge >= 0.3 is 5.97 Å². The summed E-state index contributed by atoms with van der Waals surface area (Å²) >= 11 is 0. The Bertz CT molecular complexity index is 1020. The van der Waals surface area contributed by atoms with Crippen LogP contribution in [0.1, 0.15) is 99.3 Å². The Kier molecular flexibility index (Phi) is 11.8. The fourth-order valence-corrected chi connectivity index (χ4v) is 14.4. The normalized spacial score (nSPS) is 39.5. The zero-order valence-electron chi connectivity index (χ0n) is 31.7. The molecular formula is C37H72O5Si3. The minimum absolute atomic E-state index is 0.0754. The van der Waals surface area contributed by atoms with Crippen molar-refractivity contribution in [1.82, 2.24) is 0 Å². The molecule has 5 nitrogen and oxygen atoms in total. The van der Waals surface area contributed by atoms with Gasteiger partial charge in [-0.1, -0.05) is 41.5 Å². The van der Waals surface area contributed by atoms with E-state index in [4.69, 9.17) is 18.0 Å². The van der Waals surface area contributed by atoms with Gasteiger partial charge in [-0.15, -0.1) is 0 Å². The van der Waals surface area contributed by atoms with Crippen molar-refractivity contribution in [1.29, 1.82) is 0 Å². The van der Waals surface area contributed by atoms with Crippen LogP contribution in [0, 0.1) is 46.3 Å². The summed E-state index contributed by atoms with van der Waals surface area (Å²) < 4.78 is 27.0. The molecule has 0 saturated heterocycles. The fraction of sp³-hybridized carbons (Fsp3) is 0.973. The van der Waals surface area contributed by atoms with E-state index >= 15 is 0 Å². The molecule has 45 heavy (non-hydrogen) atoms. The van der Waals surface area contributed by atoms with Gasteiger partial charge in [-0.2, -0.15) is 0 Å². The van der Waals surface area contributed by atoms with Gasteiger partial charge < -0.3 is 18.0 Å². The van der Waals surface area contributed by atoms with Gasteiger partial charge in [0.1, 0.15) is 0 Å². The Labute approximate surface area is 281 Å². The zero-order valence-corrected chi connectivity index (χ0v) is 34.7. The third kappa shape index (κ3) is 7.76. The van der Waals surface area contributed by atoms with Crippen molar-refractivity contribution in [2.75, 3.05) is 7.11 Å².